The molecule has 1 aliphatic rings. The number of nitrogen functional groups attached to an aromatic ring is 1. The van der Waals surface area contributed by atoms with Crippen LogP contribution in [0.15, 0.2) is 36.4 Å². The highest BCUT2D eigenvalue weighted by atomic mass is 16.3. The first-order valence-electron chi connectivity index (χ1n) is 10.6. The Morgan fingerprint density at radius 3 is 1.76 bits per heavy atom. The van der Waals surface area contributed by atoms with Gasteiger partial charge in [0.2, 0.25) is 0 Å². The molecular formula is C25H37N3O. The number of rotatable bonds is 3. The summed E-state index contributed by atoms with van der Waals surface area (Å²) < 4.78 is 0. The van der Waals surface area contributed by atoms with E-state index in [1.54, 1.807) is 0 Å². The van der Waals surface area contributed by atoms with Crippen LogP contribution in [-0.4, -0.2) is 36.2 Å². The van der Waals surface area contributed by atoms with E-state index in [0.29, 0.717) is 5.75 Å². The molecule has 4 heteroatoms. The molecule has 0 radical (unpaired) electrons. The lowest BCUT2D eigenvalue weighted by Gasteiger charge is -2.36. The molecule has 3 rings (SSSR count). The van der Waals surface area contributed by atoms with Gasteiger partial charge in [-0.25, -0.2) is 0 Å². The minimum atomic E-state index is -0.0893. The van der Waals surface area contributed by atoms with Gasteiger partial charge < -0.3 is 15.7 Å². The van der Waals surface area contributed by atoms with E-state index in [0.717, 1.165) is 49.5 Å². The van der Waals surface area contributed by atoms with Crippen molar-refractivity contribution >= 4 is 11.4 Å². The summed E-state index contributed by atoms with van der Waals surface area (Å²) in [7, 11) is 0. The zero-order valence-electron chi connectivity index (χ0n) is 18.9. The first-order chi connectivity index (χ1) is 13.4. The van der Waals surface area contributed by atoms with Gasteiger partial charge in [0.05, 0.1) is 0 Å². The van der Waals surface area contributed by atoms with Crippen molar-refractivity contribution in [1.82, 2.24) is 4.90 Å². The summed E-state index contributed by atoms with van der Waals surface area (Å²) in [6, 6.07) is 12.6. The van der Waals surface area contributed by atoms with Crippen molar-refractivity contribution in [1.29, 1.82) is 0 Å². The zero-order valence-corrected chi connectivity index (χ0v) is 18.9. The van der Waals surface area contributed by atoms with E-state index in [1.165, 1.54) is 11.3 Å². The van der Waals surface area contributed by atoms with Crippen molar-refractivity contribution in [2.45, 2.75) is 58.9 Å². The van der Waals surface area contributed by atoms with Crippen LogP contribution in [0, 0.1) is 0 Å². The SMILES string of the molecule is CC(C)(C)c1cc(CN2CCN(c3ccc(N)cc3)CC2)cc(C(C)(C)C)c1O. The van der Waals surface area contributed by atoms with Crippen LogP contribution >= 0.6 is 0 Å². The molecule has 2 aromatic carbocycles. The molecule has 0 aromatic heterocycles. The standard InChI is InChI=1S/C25H37N3O/c1-24(2,3)21-15-18(16-22(23(21)29)25(4,5)6)17-27-11-13-28(14-12-27)20-9-7-19(26)8-10-20/h7-10,15-16,29H,11-14,17,26H2,1-6H3. The van der Waals surface area contributed by atoms with E-state index in [2.05, 4.69) is 75.6 Å². The monoisotopic (exact) mass is 395 g/mol. The molecule has 1 saturated heterocycles. The molecule has 0 saturated carbocycles. The number of hydrogen-bond donors (Lipinski definition) is 2. The van der Waals surface area contributed by atoms with Crippen LogP contribution in [0.4, 0.5) is 11.4 Å². The smallest absolute Gasteiger partial charge is 0.123 e. The van der Waals surface area contributed by atoms with Crippen molar-refractivity contribution in [3.05, 3.63) is 53.1 Å². The van der Waals surface area contributed by atoms with Crippen LogP contribution in [0.25, 0.3) is 0 Å². The van der Waals surface area contributed by atoms with Gasteiger partial charge in [0.15, 0.2) is 0 Å². The molecule has 4 nitrogen and oxygen atoms in total. The fourth-order valence-corrected chi connectivity index (χ4v) is 4.04. The average molecular weight is 396 g/mol. The van der Waals surface area contributed by atoms with E-state index >= 15 is 0 Å². The third kappa shape index (κ3) is 5.05. The third-order valence-electron chi connectivity index (χ3n) is 5.82. The van der Waals surface area contributed by atoms with Gasteiger partial charge in [-0.15, -0.1) is 0 Å². The first-order valence-corrected chi connectivity index (χ1v) is 10.6. The lowest BCUT2D eigenvalue weighted by atomic mass is 9.78. The lowest BCUT2D eigenvalue weighted by molar-refractivity contribution is 0.249. The normalized spacial score (nSPS) is 16.3. The van der Waals surface area contributed by atoms with E-state index in [4.69, 9.17) is 5.73 Å². The van der Waals surface area contributed by atoms with E-state index in [1.807, 2.05) is 12.1 Å². The van der Waals surface area contributed by atoms with Gasteiger partial charge in [-0.2, -0.15) is 0 Å². The van der Waals surface area contributed by atoms with Crippen LogP contribution in [0.3, 0.4) is 0 Å². The highest BCUT2D eigenvalue weighted by Gasteiger charge is 2.27. The fraction of sp³-hybridized carbons (Fsp3) is 0.520. The maximum Gasteiger partial charge on any atom is 0.123 e. The molecule has 1 heterocycles. The van der Waals surface area contributed by atoms with Crippen molar-refractivity contribution < 1.29 is 5.11 Å². The molecular weight excluding hydrogens is 358 g/mol. The minimum absolute atomic E-state index is 0.0893. The van der Waals surface area contributed by atoms with Crippen molar-refractivity contribution in [2.24, 2.45) is 0 Å². The second-order valence-electron chi connectivity index (χ2n) is 10.4. The molecule has 0 bridgehead atoms. The fourth-order valence-electron chi connectivity index (χ4n) is 4.04. The van der Waals surface area contributed by atoms with Crippen LogP contribution in [0.5, 0.6) is 5.75 Å². The Labute approximate surface area is 176 Å². The number of nitrogens with zero attached hydrogens (tertiary/aromatic N) is 2. The van der Waals surface area contributed by atoms with Crippen LogP contribution in [0.1, 0.15) is 58.2 Å². The topological polar surface area (TPSA) is 52.7 Å². The Hall–Kier alpha value is -2.20. The highest BCUT2D eigenvalue weighted by molar-refractivity contribution is 5.53. The molecule has 3 N–H and O–H groups in total. The Morgan fingerprint density at radius 1 is 0.828 bits per heavy atom. The summed E-state index contributed by atoms with van der Waals surface area (Å²) >= 11 is 0. The molecule has 1 aliphatic heterocycles. The number of hydrogen-bond acceptors (Lipinski definition) is 4. The quantitative estimate of drug-likeness (QED) is 0.727. The summed E-state index contributed by atoms with van der Waals surface area (Å²) in [5, 5.41) is 10.9. The summed E-state index contributed by atoms with van der Waals surface area (Å²) in [5.74, 6) is 0.460. The van der Waals surface area contributed by atoms with Crippen LogP contribution < -0.4 is 10.6 Å². The van der Waals surface area contributed by atoms with E-state index in [-0.39, 0.29) is 10.8 Å². The van der Waals surface area contributed by atoms with Gasteiger partial charge in [0, 0.05) is 44.1 Å². The Bertz CT molecular complexity index is 801. The zero-order chi connectivity index (χ0) is 21.4. The molecule has 0 unspecified atom stereocenters. The molecule has 0 atom stereocenters. The Morgan fingerprint density at radius 2 is 1.31 bits per heavy atom. The predicted molar refractivity (Wildman–Crippen MR) is 124 cm³/mol. The maximum absolute atomic E-state index is 10.9. The number of piperazine rings is 1. The second-order valence-corrected chi connectivity index (χ2v) is 10.4. The van der Waals surface area contributed by atoms with E-state index < -0.39 is 0 Å². The largest absolute Gasteiger partial charge is 0.507 e. The van der Waals surface area contributed by atoms with Gasteiger partial charge in [-0.05, 0) is 51.8 Å². The summed E-state index contributed by atoms with van der Waals surface area (Å²) in [4.78, 5) is 4.94. The molecule has 0 spiro atoms. The van der Waals surface area contributed by atoms with Crippen molar-refractivity contribution in [2.75, 3.05) is 36.8 Å². The number of phenols is 1. The van der Waals surface area contributed by atoms with Gasteiger partial charge in [0.1, 0.15) is 5.75 Å². The third-order valence-corrected chi connectivity index (χ3v) is 5.82. The maximum atomic E-state index is 10.9. The Balaban J connectivity index is 1.76. The van der Waals surface area contributed by atoms with Gasteiger partial charge >= 0.3 is 0 Å². The molecule has 0 aliphatic carbocycles. The Kier molecular flexibility index (Phi) is 5.86. The first kappa shape index (κ1) is 21.5. The average Bonchev–Trinajstić information content (AvgIpc) is 2.62. The molecule has 0 amide bonds. The lowest BCUT2D eigenvalue weighted by Crippen LogP contribution is -2.46. The second kappa shape index (κ2) is 7.91. The number of aromatic hydroxyl groups is 1. The predicted octanol–water partition coefficient (Wildman–Crippen LogP) is 4.89. The van der Waals surface area contributed by atoms with E-state index in [9.17, 15) is 5.11 Å². The van der Waals surface area contributed by atoms with Gasteiger partial charge in [-0.1, -0.05) is 53.7 Å². The van der Waals surface area contributed by atoms with Crippen LogP contribution in [-0.2, 0) is 17.4 Å². The molecule has 29 heavy (non-hydrogen) atoms. The number of nitrogens with two attached hydrogens (primary N) is 1. The van der Waals surface area contributed by atoms with Gasteiger partial charge in [0.25, 0.3) is 0 Å². The van der Waals surface area contributed by atoms with Crippen molar-refractivity contribution in [3.63, 3.8) is 0 Å². The number of benzene rings is 2. The van der Waals surface area contributed by atoms with Crippen LogP contribution in [0.2, 0.25) is 0 Å². The molecule has 158 valence electrons. The minimum Gasteiger partial charge on any atom is -0.507 e. The molecule has 1 fully saturated rings. The molecule has 2 aromatic rings. The van der Waals surface area contributed by atoms with Crippen molar-refractivity contribution in [3.8, 4) is 5.75 Å². The summed E-state index contributed by atoms with van der Waals surface area (Å²) in [6.07, 6.45) is 0. The van der Waals surface area contributed by atoms with Gasteiger partial charge in [-0.3, -0.25) is 4.90 Å². The summed E-state index contributed by atoms with van der Waals surface area (Å²) in [5.41, 5.74) is 11.1. The summed E-state index contributed by atoms with van der Waals surface area (Å²) in [6.45, 7) is 18.0. The number of anilines is 2. The highest BCUT2D eigenvalue weighted by Crippen LogP contribution is 2.40. The number of phenolic OH excluding ortho intramolecular Hbond substituents is 1.